The maximum atomic E-state index is 11.4. The third-order valence-electron chi connectivity index (χ3n) is 3.07. The van der Waals surface area contributed by atoms with Crippen LogP contribution in [0.4, 0.5) is 5.69 Å². The van der Waals surface area contributed by atoms with Crippen molar-refractivity contribution in [1.82, 2.24) is 0 Å². The minimum absolute atomic E-state index is 0.108. The van der Waals surface area contributed by atoms with Gasteiger partial charge in [0.2, 0.25) is 0 Å². The molecule has 106 valence electrons. The van der Waals surface area contributed by atoms with Gasteiger partial charge in [-0.2, -0.15) is 0 Å². The first kappa shape index (κ1) is 14.3. The maximum absolute atomic E-state index is 11.4. The van der Waals surface area contributed by atoms with Crippen molar-refractivity contribution < 1.29 is 17.9 Å². The molecule has 1 aromatic rings. The normalized spacial score (nSPS) is 21.1. The molecule has 0 aliphatic carbocycles. The van der Waals surface area contributed by atoms with E-state index in [1.54, 1.807) is 19.2 Å². The molecular formula is C12H16ClNO4S. The van der Waals surface area contributed by atoms with E-state index >= 15 is 0 Å². The van der Waals surface area contributed by atoms with E-state index in [-0.39, 0.29) is 17.5 Å². The molecule has 1 fully saturated rings. The summed E-state index contributed by atoms with van der Waals surface area (Å²) in [4.78, 5) is 0. The Morgan fingerprint density at radius 1 is 1.26 bits per heavy atom. The van der Waals surface area contributed by atoms with Gasteiger partial charge in [-0.05, 0) is 12.5 Å². The Labute approximate surface area is 117 Å². The minimum atomic E-state index is -2.92. The van der Waals surface area contributed by atoms with Gasteiger partial charge in [0, 0.05) is 12.1 Å². The van der Waals surface area contributed by atoms with Crippen LogP contribution in [0, 0.1) is 0 Å². The number of anilines is 1. The monoisotopic (exact) mass is 305 g/mol. The Bertz CT molecular complexity index is 573. The summed E-state index contributed by atoms with van der Waals surface area (Å²) in [6.45, 7) is 0. The van der Waals surface area contributed by atoms with Gasteiger partial charge in [0.15, 0.2) is 9.84 Å². The van der Waals surface area contributed by atoms with Gasteiger partial charge >= 0.3 is 0 Å². The molecule has 5 nitrogen and oxygen atoms in total. The average Bonchev–Trinajstić information content (AvgIpc) is 2.69. The zero-order valence-electron chi connectivity index (χ0n) is 10.8. The van der Waals surface area contributed by atoms with Gasteiger partial charge in [-0.3, -0.25) is 0 Å². The van der Waals surface area contributed by atoms with Crippen LogP contribution < -0.4 is 14.8 Å². The number of nitrogens with one attached hydrogen (secondary N) is 1. The van der Waals surface area contributed by atoms with Gasteiger partial charge in [-0.25, -0.2) is 8.42 Å². The number of ether oxygens (including phenoxy) is 2. The van der Waals surface area contributed by atoms with Crippen molar-refractivity contribution in [1.29, 1.82) is 0 Å². The smallest absolute Gasteiger partial charge is 0.152 e. The highest BCUT2D eigenvalue weighted by molar-refractivity contribution is 7.91. The molecule has 1 aromatic carbocycles. The molecule has 1 atom stereocenters. The Morgan fingerprint density at radius 3 is 2.47 bits per heavy atom. The van der Waals surface area contributed by atoms with Gasteiger partial charge in [-0.15, -0.1) is 0 Å². The predicted octanol–water partition coefficient (Wildman–Crippen LogP) is 1.96. The fraction of sp³-hybridized carbons (Fsp3) is 0.500. The number of halogens is 1. The van der Waals surface area contributed by atoms with Crippen LogP contribution in [-0.2, 0) is 9.84 Å². The van der Waals surface area contributed by atoms with Gasteiger partial charge in [0.05, 0.1) is 36.4 Å². The Hall–Kier alpha value is -1.14. The van der Waals surface area contributed by atoms with Crippen molar-refractivity contribution in [2.24, 2.45) is 0 Å². The average molecular weight is 306 g/mol. The van der Waals surface area contributed by atoms with Crippen LogP contribution >= 0.6 is 11.6 Å². The van der Waals surface area contributed by atoms with Crippen molar-refractivity contribution in [3.05, 3.63) is 17.2 Å². The fourth-order valence-electron chi connectivity index (χ4n) is 2.10. The van der Waals surface area contributed by atoms with Crippen molar-refractivity contribution in [3.8, 4) is 11.5 Å². The van der Waals surface area contributed by atoms with E-state index in [0.29, 0.717) is 28.6 Å². The molecule has 0 spiro atoms. The highest BCUT2D eigenvalue weighted by Gasteiger charge is 2.28. The first-order valence-electron chi connectivity index (χ1n) is 5.83. The Kier molecular flexibility index (Phi) is 4.10. The molecule has 0 aromatic heterocycles. The topological polar surface area (TPSA) is 64.6 Å². The fourth-order valence-corrected chi connectivity index (χ4v) is 4.02. The van der Waals surface area contributed by atoms with Crippen LogP contribution in [0.1, 0.15) is 6.42 Å². The molecule has 1 aliphatic rings. The first-order valence-corrected chi connectivity index (χ1v) is 8.03. The number of hydrogen-bond donors (Lipinski definition) is 1. The second-order valence-corrected chi connectivity index (χ2v) is 7.07. The predicted molar refractivity (Wildman–Crippen MR) is 75.2 cm³/mol. The summed E-state index contributed by atoms with van der Waals surface area (Å²) in [6, 6.07) is 3.25. The molecule has 0 radical (unpaired) electrons. The van der Waals surface area contributed by atoms with Gasteiger partial charge in [0.1, 0.15) is 11.5 Å². The van der Waals surface area contributed by atoms with Crippen LogP contribution in [0.15, 0.2) is 12.1 Å². The molecule has 0 saturated carbocycles. The molecule has 0 bridgehead atoms. The first-order chi connectivity index (χ1) is 8.95. The summed E-state index contributed by atoms with van der Waals surface area (Å²) < 4.78 is 33.2. The molecule has 1 unspecified atom stereocenters. The Morgan fingerprint density at radius 2 is 1.95 bits per heavy atom. The summed E-state index contributed by atoms with van der Waals surface area (Å²) >= 11 is 6.06. The third kappa shape index (κ3) is 3.25. The molecule has 1 aliphatic heterocycles. The number of benzene rings is 1. The number of sulfone groups is 1. The lowest BCUT2D eigenvalue weighted by Crippen LogP contribution is -2.20. The highest BCUT2D eigenvalue weighted by atomic mass is 35.5. The van der Waals surface area contributed by atoms with Gasteiger partial charge in [-0.1, -0.05) is 11.6 Å². The van der Waals surface area contributed by atoms with Crippen LogP contribution in [0.3, 0.4) is 0 Å². The molecule has 1 saturated heterocycles. The molecule has 1 N–H and O–H groups in total. The third-order valence-corrected chi connectivity index (χ3v) is 5.13. The summed E-state index contributed by atoms with van der Waals surface area (Å²) in [5.41, 5.74) is 0.676. The summed E-state index contributed by atoms with van der Waals surface area (Å²) in [5, 5.41) is 3.61. The molecule has 7 heteroatoms. The lowest BCUT2D eigenvalue weighted by molar-refractivity contribution is 0.395. The van der Waals surface area contributed by atoms with E-state index in [0.717, 1.165) is 0 Å². The van der Waals surface area contributed by atoms with Crippen LogP contribution in [0.2, 0.25) is 5.02 Å². The maximum Gasteiger partial charge on any atom is 0.152 e. The van der Waals surface area contributed by atoms with E-state index in [4.69, 9.17) is 21.1 Å². The number of methoxy groups -OCH3 is 2. The summed E-state index contributed by atoms with van der Waals surface area (Å²) in [5.74, 6) is 1.45. The van der Waals surface area contributed by atoms with Crippen LogP contribution in [0.5, 0.6) is 11.5 Å². The molecule has 0 amide bonds. The van der Waals surface area contributed by atoms with Gasteiger partial charge < -0.3 is 14.8 Å². The van der Waals surface area contributed by atoms with Crippen molar-refractivity contribution in [2.45, 2.75) is 12.5 Å². The lowest BCUT2D eigenvalue weighted by Gasteiger charge is -2.17. The number of hydrogen-bond acceptors (Lipinski definition) is 5. The summed E-state index contributed by atoms with van der Waals surface area (Å²) in [7, 11) is 0.147. The number of rotatable bonds is 4. The molecular weight excluding hydrogens is 290 g/mol. The molecule has 1 heterocycles. The lowest BCUT2D eigenvalue weighted by atomic mass is 10.2. The summed E-state index contributed by atoms with van der Waals surface area (Å²) in [6.07, 6.45) is 0.592. The van der Waals surface area contributed by atoms with E-state index in [2.05, 4.69) is 5.32 Å². The molecule has 2 rings (SSSR count). The second kappa shape index (κ2) is 5.46. The molecule has 19 heavy (non-hydrogen) atoms. The van der Waals surface area contributed by atoms with E-state index in [1.807, 2.05) is 0 Å². The van der Waals surface area contributed by atoms with E-state index in [9.17, 15) is 8.42 Å². The highest BCUT2D eigenvalue weighted by Crippen LogP contribution is 2.36. The van der Waals surface area contributed by atoms with E-state index < -0.39 is 9.84 Å². The van der Waals surface area contributed by atoms with E-state index in [1.165, 1.54) is 7.11 Å². The minimum Gasteiger partial charge on any atom is -0.495 e. The van der Waals surface area contributed by atoms with Crippen LogP contribution in [-0.4, -0.2) is 40.2 Å². The zero-order valence-corrected chi connectivity index (χ0v) is 12.3. The largest absolute Gasteiger partial charge is 0.495 e. The standard InChI is InChI=1S/C12H16ClNO4S/c1-17-11-6-12(18-2)10(5-9(11)13)14-8-3-4-19(15,16)7-8/h5-6,8,14H,3-4,7H2,1-2H3. The SMILES string of the molecule is COc1cc(OC)c(NC2CCS(=O)(=O)C2)cc1Cl. The Balaban J connectivity index is 2.23. The van der Waals surface area contributed by atoms with Gasteiger partial charge in [0.25, 0.3) is 0 Å². The quantitative estimate of drug-likeness (QED) is 0.921. The second-order valence-electron chi connectivity index (χ2n) is 4.43. The van der Waals surface area contributed by atoms with Crippen molar-refractivity contribution in [3.63, 3.8) is 0 Å². The van der Waals surface area contributed by atoms with Crippen molar-refractivity contribution in [2.75, 3.05) is 31.0 Å². The van der Waals surface area contributed by atoms with Crippen LogP contribution in [0.25, 0.3) is 0 Å². The zero-order chi connectivity index (χ0) is 14.0. The van der Waals surface area contributed by atoms with Crippen molar-refractivity contribution >= 4 is 27.1 Å².